The van der Waals surface area contributed by atoms with E-state index in [0.29, 0.717) is 6.54 Å². The zero-order valence-electron chi connectivity index (χ0n) is 13.7. The highest BCUT2D eigenvalue weighted by Crippen LogP contribution is 2.25. The molecule has 2 aromatic rings. The molecule has 0 bridgehead atoms. The lowest BCUT2D eigenvalue weighted by molar-refractivity contribution is -0.125. The Kier molecular flexibility index (Phi) is 7.45. The lowest BCUT2D eigenvalue weighted by Crippen LogP contribution is -2.41. The molecule has 5 nitrogen and oxygen atoms in total. The highest BCUT2D eigenvalue weighted by atomic mass is 32.1. The van der Waals surface area contributed by atoms with Crippen molar-refractivity contribution < 1.29 is 9.59 Å². The van der Waals surface area contributed by atoms with Gasteiger partial charge in [-0.15, -0.1) is 11.3 Å². The second-order valence-corrected chi connectivity index (χ2v) is 6.35. The zero-order valence-corrected chi connectivity index (χ0v) is 14.6. The van der Waals surface area contributed by atoms with E-state index in [0.717, 1.165) is 16.9 Å². The summed E-state index contributed by atoms with van der Waals surface area (Å²) in [6, 6.07) is 14.0. The predicted molar refractivity (Wildman–Crippen MR) is 96.9 cm³/mol. The maximum absolute atomic E-state index is 12.0. The van der Waals surface area contributed by atoms with E-state index in [1.54, 1.807) is 11.3 Å². The first-order chi connectivity index (χ1) is 11.7. The largest absolute Gasteiger partial charge is 0.355 e. The molecule has 0 spiro atoms. The van der Waals surface area contributed by atoms with Crippen LogP contribution in [0.3, 0.4) is 0 Å². The van der Waals surface area contributed by atoms with Crippen molar-refractivity contribution in [2.75, 3.05) is 19.6 Å². The van der Waals surface area contributed by atoms with Crippen molar-refractivity contribution in [1.29, 1.82) is 0 Å². The van der Waals surface area contributed by atoms with Crippen LogP contribution in [0.2, 0.25) is 0 Å². The Morgan fingerprint density at radius 2 is 1.75 bits per heavy atom. The van der Waals surface area contributed by atoms with E-state index >= 15 is 0 Å². The molecule has 1 aromatic heterocycles. The molecule has 0 saturated carbocycles. The Balaban J connectivity index is 1.87. The van der Waals surface area contributed by atoms with Gasteiger partial charge in [0.1, 0.15) is 0 Å². The Labute approximate surface area is 146 Å². The third-order valence-corrected chi connectivity index (χ3v) is 4.38. The molecule has 0 unspecified atom stereocenters. The minimum absolute atomic E-state index is 0.00944. The molecule has 3 N–H and O–H groups in total. The summed E-state index contributed by atoms with van der Waals surface area (Å²) in [6.45, 7) is 2.77. The number of benzene rings is 1. The van der Waals surface area contributed by atoms with Crippen LogP contribution < -0.4 is 16.0 Å². The Morgan fingerprint density at radius 3 is 2.42 bits per heavy atom. The quantitative estimate of drug-likeness (QED) is 0.652. The first kappa shape index (κ1) is 18.2. The number of nitrogens with one attached hydrogen (secondary N) is 3. The van der Waals surface area contributed by atoms with Gasteiger partial charge in [-0.1, -0.05) is 43.3 Å². The van der Waals surface area contributed by atoms with Gasteiger partial charge in [0.2, 0.25) is 11.8 Å². The van der Waals surface area contributed by atoms with Crippen molar-refractivity contribution in [3.63, 3.8) is 0 Å². The molecule has 0 aliphatic carbocycles. The lowest BCUT2D eigenvalue weighted by Gasteiger charge is -2.18. The van der Waals surface area contributed by atoms with Crippen molar-refractivity contribution >= 4 is 23.2 Å². The van der Waals surface area contributed by atoms with Crippen LogP contribution in [-0.2, 0) is 9.59 Å². The molecule has 0 radical (unpaired) electrons. The number of carbonyl (C=O) groups is 2. The van der Waals surface area contributed by atoms with Gasteiger partial charge in [0.05, 0.1) is 19.1 Å². The van der Waals surface area contributed by atoms with Gasteiger partial charge in [-0.2, -0.15) is 0 Å². The van der Waals surface area contributed by atoms with Gasteiger partial charge in [-0.05, 0) is 23.4 Å². The van der Waals surface area contributed by atoms with Crippen LogP contribution in [0.25, 0.3) is 0 Å². The lowest BCUT2D eigenvalue weighted by atomic mass is 10.1. The molecule has 0 aliphatic heterocycles. The number of rotatable bonds is 9. The minimum atomic E-state index is -0.195. The number of amides is 2. The summed E-state index contributed by atoms with van der Waals surface area (Å²) in [7, 11) is 0. The molecule has 0 fully saturated rings. The number of thiophene rings is 1. The molecule has 6 heteroatoms. The Hall–Kier alpha value is -2.18. The molecule has 1 heterocycles. The van der Waals surface area contributed by atoms with E-state index in [4.69, 9.17) is 0 Å². The van der Waals surface area contributed by atoms with Crippen molar-refractivity contribution in [1.82, 2.24) is 16.0 Å². The first-order valence-electron chi connectivity index (χ1n) is 8.05. The van der Waals surface area contributed by atoms with Gasteiger partial charge < -0.3 is 10.6 Å². The van der Waals surface area contributed by atoms with E-state index in [1.807, 2.05) is 54.8 Å². The van der Waals surface area contributed by atoms with E-state index in [1.165, 1.54) is 0 Å². The van der Waals surface area contributed by atoms with E-state index in [-0.39, 0.29) is 30.9 Å². The molecule has 2 rings (SSSR count). The molecule has 0 saturated heterocycles. The molecule has 128 valence electrons. The van der Waals surface area contributed by atoms with Crippen LogP contribution >= 0.6 is 11.3 Å². The maximum Gasteiger partial charge on any atom is 0.239 e. The monoisotopic (exact) mass is 345 g/mol. The molecule has 1 atom stereocenters. The summed E-state index contributed by atoms with van der Waals surface area (Å²) in [5.41, 5.74) is 1.11. The van der Waals surface area contributed by atoms with Crippen LogP contribution in [0.1, 0.15) is 29.8 Å². The standard InChI is InChI=1S/C18H23N3O2S/c1-2-10-19-16(22)12-20-17(23)13-21-18(15-9-6-11-24-15)14-7-4-3-5-8-14/h3-9,11,18,21H,2,10,12-13H2,1H3,(H,19,22)(H,20,23)/t18-/m1/s1. The van der Waals surface area contributed by atoms with Gasteiger partial charge in [0.25, 0.3) is 0 Å². The highest BCUT2D eigenvalue weighted by molar-refractivity contribution is 7.10. The molecule has 0 aliphatic rings. The summed E-state index contributed by atoms with van der Waals surface area (Å²) in [5, 5.41) is 10.7. The minimum Gasteiger partial charge on any atom is -0.355 e. The predicted octanol–water partition coefficient (Wildman–Crippen LogP) is 2.07. The summed E-state index contributed by atoms with van der Waals surface area (Å²) < 4.78 is 0. The van der Waals surface area contributed by atoms with Crippen molar-refractivity contribution in [3.8, 4) is 0 Å². The molecular weight excluding hydrogens is 322 g/mol. The zero-order chi connectivity index (χ0) is 17.2. The fourth-order valence-electron chi connectivity index (χ4n) is 2.25. The van der Waals surface area contributed by atoms with Crippen LogP contribution in [-0.4, -0.2) is 31.4 Å². The molecule has 2 amide bonds. The van der Waals surface area contributed by atoms with Gasteiger partial charge in [-0.3, -0.25) is 14.9 Å². The normalized spacial score (nSPS) is 11.7. The van der Waals surface area contributed by atoms with E-state index < -0.39 is 0 Å². The third kappa shape index (κ3) is 5.79. The highest BCUT2D eigenvalue weighted by Gasteiger charge is 2.16. The van der Waals surface area contributed by atoms with E-state index in [9.17, 15) is 9.59 Å². The maximum atomic E-state index is 12.0. The summed E-state index contributed by atoms with van der Waals surface area (Å²) in [5.74, 6) is -0.359. The molecule has 24 heavy (non-hydrogen) atoms. The third-order valence-electron chi connectivity index (χ3n) is 3.45. The van der Waals surface area contributed by atoms with Gasteiger partial charge >= 0.3 is 0 Å². The van der Waals surface area contributed by atoms with Gasteiger partial charge in [0, 0.05) is 11.4 Å². The average molecular weight is 345 g/mol. The number of hydrogen-bond acceptors (Lipinski definition) is 4. The van der Waals surface area contributed by atoms with Crippen LogP contribution in [0, 0.1) is 0 Å². The first-order valence-corrected chi connectivity index (χ1v) is 8.93. The fourth-order valence-corrected chi connectivity index (χ4v) is 3.07. The number of carbonyl (C=O) groups excluding carboxylic acids is 2. The Bertz CT molecular complexity index is 629. The SMILES string of the molecule is CCCNC(=O)CNC(=O)CN[C@H](c1ccccc1)c1cccs1. The average Bonchev–Trinajstić information content (AvgIpc) is 3.13. The number of hydrogen-bond donors (Lipinski definition) is 3. The topological polar surface area (TPSA) is 70.2 Å². The summed E-state index contributed by atoms with van der Waals surface area (Å²) in [6.07, 6.45) is 0.876. The van der Waals surface area contributed by atoms with Crippen molar-refractivity contribution in [2.24, 2.45) is 0 Å². The van der Waals surface area contributed by atoms with Gasteiger partial charge in [0.15, 0.2) is 0 Å². The van der Waals surface area contributed by atoms with E-state index in [2.05, 4.69) is 16.0 Å². The van der Waals surface area contributed by atoms with Crippen LogP contribution in [0.15, 0.2) is 47.8 Å². The molecular formula is C18H23N3O2S. The second-order valence-electron chi connectivity index (χ2n) is 5.37. The van der Waals surface area contributed by atoms with Crippen molar-refractivity contribution in [2.45, 2.75) is 19.4 Å². The molecule has 1 aromatic carbocycles. The Morgan fingerprint density at radius 1 is 1.00 bits per heavy atom. The fraction of sp³-hybridized carbons (Fsp3) is 0.333. The van der Waals surface area contributed by atoms with Crippen LogP contribution in [0.4, 0.5) is 0 Å². The van der Waals surface area contributed by atoms with Gasteiger partial charge in [-0.25, -0.2) is 0 Å². The van der Waals surface area contributed by atoms with Crippen molar-refractivity contribution in [3.05, 3.63) is 58.3 Å². The summed E-state index contributed by atoms with van der Waals surface area (Å²) in [4.78, 5) is 24.6. The second kappa shape index (κ2) is 9.85. The summed E-state index contributed by atoms with van der Waals surface area (Å²) >= 11 is 1.65. The van der Waals surface area contributed by atoms with Crippen LogP contribution in [0.5, 0.6) is 0 Å². The smallest absolute Gasteiger partial charge is 0.239 e.